The van der Waals surface area contributed by atoms with E-state index >= 15 is 0 Å². The van der Waals surface area contributed by atoms with Crippen molar-refractivity contribution in [3.05, 3.63) is 35.9 Å². The molecule has 0 N–H and O–H groups in total. The molecule has 104 valence electrons. The molecule has 19 heavy (non-hydrogen) atoms. The molecule has 0 aliphatic rings. The Hall–Kier alpha value is -2.05. The van der Waals surface area contributed by atoms with Crippen molar-refractivity contribution in [3.8, 4) is 0 Å². The first-order chi connectivity index (χ1) is 8.84. The second kappa shape index (κ2) is 6.21. The Morgan fingerprint density at radius 1 is 1.21 bits per heavy atom. The summed E-state index contributed by atoms with van der Waals surface area (Å²) in [6.07, 6.45) is -5.95. The number of benzene rings is 1. The van der Waals surface area contributed by atoms with E-state index in [9.17, 15) is 22.8 Å². The molecule has 1 aromatic rings. The number of ether oxygens (including phenoxy) is 1. The molecule has 0 atom stereocenters. The Bertz CT molecular complexity index is 445. The van der Waals surface area contributed by atoms with Crippen molar-refractivity contribution in [2.75, 3.05) is 13.7 Å². The zero-order valence-electron chi connectivity index (χ0n) is 10.1. The lowest BCUT2D eigenvalue weighted by molar-refractivity contribution is -0.171. The number of rotatable bonds is 4. The van der Waals surface area contributed by atoms with Gasteiger partial charge in [0.25, 0.3) is 5.78 Å². The van der Waals surface area contributed by atoms with Crippen molar-refractivity contribution in [3.63, 3.8) is 0 Å². The van der Waals surface area contributed by atoms with E-state index in [2.05, 4.69) is 4.74 Å². The third-order valence-corrected chi connectivity index (χ3v) is 2.30. The molecule has 0 saturated heterocycles. The Balaban J connectivity index is 2.79. The van der Waals surface area contributed by atoms with Crippen molar-refractivity contribution < 1.29 is 27.5 Å². The fourth-order valence-electron chi connectivity index (χ4n) is 1.38. The number of hydrogen-bond donors (Lipinski definition) is 0. The van der Waals surface area contributed by atoms with Crippen LogP contribution in [0.15, 0.2) is 30.3 Å². The van der Waals surface area contributed by atoms with Crippen LogP contribution in [-0.4, -0.2) is 36.6 Å². The lowest BCUT2D eigenvalue weighted by Crippen LogP contribution is -2.40. The van der Waals surface area contributed by atoms with Crippen LogP contribution in [0.3, 0.4) is 0 Å². The van der Waals surface area contributed by atoms with Crippen LogP contribution in [0, 0.1) is 0 Å². The maximum Gasteiger partial charge on any atom is 0.451 e. The molecule has 0 fully saturated rings. The summed E-state index contributed by atoms with van der Waals surface area (Å²) in [4.78, 5) is 23.0. The molecule has 0 spiro atoms. The Labute approximate surface area is 107 Å². The van der Waals surface area contributed by atoms with E-state index in [0.717, 1.165) is 7.11 Å². The molecule has 7 heteroatoms. The Morgan fingerprint density at radius 2 is 1.79 bits per heavy atom. The number of methoxy groups -OCH3 is 1. The van der Waals surface area contributed by atoms with Crippen LogP contribution >= 0.6 is 0 Å². The van der Waals surface area contributed by atoms with Crippen molar-refractivity contribution in [2.45, 2.75) is 12.7 Å². The second-order valence-electron chi connectivity index (χ2n) is 3.73. The zero-order chi connectivity index (χ0) is 14.5. The fraction of sp³-hybridized carbons (Fsp3) is 0.333. The molecule has 1 aromatic carbocycles. The topological polar surface area (TPSA) is 46.6 Å². The summed E-state index contributed by atoms with van der Waals surface area (Å²) in [6, 6.07) is 8.35. The summed E-state index contributed by atoms with van der Waals surface area (Å²) >= 11 is 0. The predicted octanol–water partition coefficient (Wildman–Crippen LogP) is 2.39. The van der Waals surface area contributed by atoms with Gasteiger partial charge >= 0.3 is 12.3 Å². The molecule has 0 bridgehead atoms. The number of halogens is 3. The van der Waals surface area contributed by atoms with E-state index < -0.39 is 24.6 Å². The van der Waals surface area contributed by atoms with Crippen molar-refractivity contribution in [1.29, 1.82) is 0 Å². The maximum absolute atomic E-state index is 12.2. The summed E-state index contributed by atoms with van der Waals surface area (Å²) in [5.74, 6) is -1.99. The first-order valence-corrected chi connectivity index (χ1v) is 5.31. The van der Waals surface area contributed by atoms with Crippen LogP contribution < -0.4 is 0 Å². The largest absolute Gasteiger partial charge is 0.453 e. The standard InChI is InChI=1S/C12H12F3NO3/c1-19-11(18)16(8-10(17)12(13,14)15)7-9-5-3-2-4-6-9/h2-6H,7-8H2,1H3. The summed E-state index contributed by atoms with van der Waals surface area (Å²) in [7, 11) is 1.04. The van der Waals surface area contributed by atoms with E-state index in [1.807, 2.05) is 0 Å². The van der Waals surface area contributed by atoms with Crippen LogP contribution in [0.5, 0.6) is 0 Å². The van der Waals surface area contributed by atoms with E-state index in [1.165, 1.54) is 0 Å². The molecule has 0 heterocycles. The van der Waals surface area contributed by atoms with Gasteiger partial charge in [0.05, 0.1) is 13.7 Å². The van der Waals surface area contributed by atoms with Crippen molar-refractivity contribution in [1.82, 2.24) is 4.90 Å². The molecule has 1 rings (SSSR count). The average Bonchev–Trinajstić information content (AvgIpc) is 2.37. The summed E-state index contributed by atoms with van der Waals surface area (Å²) < 4.78 is 40.9. The highest BCUT2D eigenvalue weighted by atomic mass is 19.4. The number of carbonyl (C=O) groups excluding carboxylic acids is 2. The van der Waals surface area contributed by atoms with Crippen LogP contribution in [-0.2, 0) is 16.1 Å². The van der Waals surface area contributed by atoms with Gasteiger partial charge in [-0.05, 0) is 5.56 Å². The van der Waals surface area contributed by atoms with E-state index in [0.29, 0.717) is 10.5 Å². The molecule has 0 saturated carbocycles. The lowest BCUT2D eigenvalue weighted by atomic mass is 10.2. The van der Waals surface area contributed by atoms with Gasteiger partial charge in [0, 0.05) is 6.54 Å². The number of nitrogens with zero attached hydrogens (tertiary/aromatic N) is 1. The highest BCUT2D eigenvalue weighted by Gasteiger charge is 2.39. The lowest BCUT2D eigenvalue weighted by Gasteiger charge is -2.21. The average molecular weight is 275 g/mol. The predicted molar refractivity (Wildman–Crippen MR) is 60.3 cm³/mol. The van der Waals surface area contributed by atoms with Crippen LogP contribution in [0.4, 0.5) is 18.0 Å². The number of hydrogen-bond acceptors (Lipinski definition) is 3. The number of ketones is 1. The molecule has 0 aromatic heterocycles. The molecule has 0 aliphatic carbocycles. The van der Waals surface area contributed by atoms with Crippen LogP contribution in [0.1, 0.15) is 5.56 Å². The van der Waals surface area contributed by atoms with Crippen molar-refractivity contribution in [2.24, 2.45) is 0 Å². The SMILES string of the molecule is COC(=O)N(CC(=O)C(F)(F)F)Cc1ccccc1. The third-order valence-electron chi connectivity index (χ3n) is 2.30. The van der Waals surface area contributed by atoms with Gasteiger partial charge in [0.2, 0.25) is 0 Å². The first-order valence-electron chi connectivity index (χ1n) is 5.31. The summed E-state index contributed by atoms with van der Waals surface area (Å²) in [6.45, 7) is -1.19. The third kappa shape index (κ3) is 4.61. The quantitative estimate of drug-likeness (QED) is 0.847. The Kier molecular flexibility index (Phi) is 4.91. The van der Waals surface area contributed by atoms with Gasteiger partial charge in [0.15, 0.2) is 0 Å². The normalized spacial score (nSPS) is 10.9. The highest BCUT2D eigenvalue weighted by Crippen LogP contribution is 2.17. The smallest absolute Gasteiger partial charge is 0.451 e. The molecule has 0 unspecified atom stereocenters. The second-order valence-corrected chi connectivity index (χ2v) is 3.73. The summed E-state index contributed by atoms with van der Waals surface area (Å²) in [5.41, 5.74) is 0.600. The Morgan fingerprint density at radius 3 is 2.26 bits per heavy atom. The van der Waals surface area contributed by atoms with Gasteiger partial charge in [-0.25, -0.2) is 4.79 Å². The van der Waals surface area contributed by atoms with Gasteiger partial charge in [-0.1, -0.05) is 30.3 Å². The first kappa shape index (κ1) is 15.0. The number of carbonyl (C=O) groups is 2. The zero-order valence-corrected chi connectivity index (χ0v) is 10.1. The van der Waals surface area contributed by atoms with Gasteiger partial charge in [-0.2, -0.15) is 13.2 Å². The fourth-order valence-corrected chi connectivity index (χ4v) is 1.38. The van der Waals surface area contributed by atoms with Gasteiger partial charge in [-0.3, -0.25) is 9.69 Å². The highest BCUT2D eigenvalue weighted by molar-refractivity contribution is 5.88. The number of alkyl halides is 3. The number of Topliss-reactive ketones (excluding diaryl/α,β-unsaturated/α-hetero) is 1. The molecular weight excluding hydrogens is 263 g/mol. The van der Waals surface area contributed by atoms with Gasteiger partial charge in [0.1, 0.15) is 0 Å². The van der Waals surface area contributed by atoms with Gasteiger partial charge < -0.3 is 4.74 Å². The molecule has 1 amide bonds. The number of amides is 1. The molecular formula is C12H12F3NO3. The maximum atomic E-state index is 12.2. The molecule has 0 aliphatic heterocycles. The van der Waals surface area contributed by atoms with Crippen LogP contribution in [0.2, 0.25) is 0 Å². The van der Waals surface area contributed by atoms with E-state index in [4.69, 9.17) is 0 Å². The minimum absolute atomic E-state index is 0.130. The van der Waals surface area contributed by atoms with Crippen molar-refractivity contribution >= 4 is 11.9 Å². The minimum Gasteiger partial charge on any atom is -0.453 e. The molecule has 0 radical (unpaired) electrons. The monoisotopic (exact) mass is 275 g/mol. The van der Waals surface area contributed by atoms with Gasteiger partial charge in [-0.15, -0.1) is 0 Å². The molecule has 4 nitrogen and oxygen atoms in total. The van der Waals surface area contributed by atoms with Crippen LogP contribution in [0.25, 0.3) is 0 Å². The van der Waals surface area contributed by atoms with E-state index in [1.54, 1.807) is 30.3 Å². The van der Waals surface area contributed by atoms with E-state index in [-0.39, 0.29) is 6.54 Å². The minimum atomic E-state index is -4.97. The summed E-state index contributed by atoms with van der Waals surface area (Å²) in [5, 5.41) is 0.